The maximum atomic E-state index is 12.4. The van der Waals surface area contributed by atoms with Gasteiger partial charge in [0.15, 0.2) is 5.78 Å². The number of carbonyl (C=O) groups excluding carboxylic acids is 2. The van der Waals surface area contributed by atoms with Crippen molar-refractivity contribution in [3.8, 4) is 11.3 Å². The maximum absolute atomic E-state index is 12.4. The summed E-state index contributed by atoms with van der Waals surface area (Å²) in [6.07, 6.45) is 0.285. The number of anilines is 3. The van der Waals surface area contributed by atoms with Gasteiger partial charge in [-0.1, -0.05) is 66.7 Å². The average Bonchev–Trinajstić information content (AvgIpc) is 2.83. The minimum atomic E-state index is -0.208. The number of Topliss-reactive ketones (excluding diaryl/α,β-unsaturated/α-hetero) is 1. The summed E-state index contributed by atoms with van der Waals surface area (Å²) in [7, 11) is 0. The summed E-state index contributed by atoms with van der Waals surface area (Å²) in [5, 5.41) is 6.14. The molecule has 6 heteroatoms. The van der Waals surface area contributed by atoms with Gasteiger partial charge in [-0.05, 0) is 25.1 Å². The van der Waals surface area contributed by atoms with Crippen molar-refractivity contribution in [2.45, 2.75) is 19.8 Å². The van der Waals surface area contributed by atoms with Crippen LogP contribution >= 0.6 is 0 Å². The van der Waals surface area contributed by atoms with E-state index in [0.717, 1.165) is 16.9 Å². The van der Waals surface area contributed by atoms with Crippen molar-refractivity contribution in [1.82, 2.24) is 9.97 Å². The van der Waals surface area contributed by atoms with E-state index in [4.69, 9.17) is 0 Å². The number of aryl methyl sites for hydroxylation is 1. The van der Waals surface area contributed by atoms with E-state index in [2.05, 4.69) is 20.6 Å². The molecule has 0 fully saturated rings. The van der Waals surface area contributed by atoms with Gasteiger partial charge in [0, 0.05) is 41.4 Å². The Morgan fingerprint density at radius 2 is 1.45 bits per heavy atom. The second-order valence-corrected chi connectivity index (χ2v) is 7.59. The van der Waals surface area contributed by atoms with Crippen LogP contribution in [0.2, 0.25) is 0 Å². The van der Waals surface area contributed by atoms with E-state index in [0.29, 0.717) is 22.9 Å². The van der Waals surface area contributed by atoms with E-state index in [1.807, 2.05) is 85.8 Å². The summed E-state index contributed by atoms with van der Waals surface area (Å²) in [6, 6.07) is 28.2. The second kappa shape index (κ2) is 10.3. The highest BCUT2D eigenvalue weighted by atomic mass is 16.2. The number of rotatable bonds is 8. The molecule has 33 heavy (non-hydrogen) atoms. The zero-order valence-electron chi connectivity index (χ0n) is 18.3. The molecule has 0 unspecified atom stereocenters. The van der Waals surface area contributed by atoms with Gasteiger partial charge in [-0.2, -0.15) is 0 Å². The number of hydrogen-bond acceptors (Lipinski definition) is 5. The van der Waals surface area contributed by atoms with Crippen molar-refractivity contribution in [2.75, 3.05) is 10.6 Å². The van der Waals surface area contributed by atoms with Crippen LogP contribution in [0.3, 0.4) is 0 Å². The third-order valence-corrected chi connectivity index (χ3v) is 5.00. The first-order chi connectivity index (χ1) is 16.1. The van der Waals surface area contributed by atoms with E-state index >= 15 is 0 Å². The SMILES string of the molecule is Cc1nc(Nc2cccc(NC(=O)CCC(=O)c3ccccc3)c2)cc(-c2ccccc2)n1. The first kappa shape index (κ1) is 21.9. The van der Waals surface area contributed by atoms with Gasteiger partial charge in [0.05, 0.1) is 5.69 Å². The first-order valence-corrected chi connectivity index (χ1v) is 10.7. The Kier molecular flexibility index (Phi) is 6.85. The first-order valence-electron chi connectivity index (χ1n) is 10.7. The Morgan fingerprint density at radius 1 is 0.758 bits per heavy atom. The number of carbonyl (C=O) groups is 2. The molecule has 6 nitrogen and oxygen atoms in total. The van der Waals surface area contributed by atoms with E-state index < -0.39 is 0 Å². The fourth-order valence-electron chi connectivity index (χ4n) is 3.43. The highest BCUT2D eigenvalue weighted by molar-refractivity contribution is 6.00. The number of aromatic nitrogens is 2. The predicted molar refractivity (Wildman–Crippen MR) is 131 cm³/mol. The molecule has 164 valence electrons. The topological polar surface area (TPSA) is 84.0 Å². The molecule has 3 aromatic carbocycles. The van der Waals surface area contributed by atoms with Crippen LogP contribution in [0.25, 0.3) is 11.3 Å². The Morgan fingerprint density at radius 3 is 2.21 bits per heavy atom. The number of hydrogen-bond donors (Lipinski definition) is 2. The molecular weight excluding hydrogens is 412 g/mol. The quantitative estimate of drug-likeness (QED) is 0.341. The van der Waals surface area contributed by atoms with E-state index in [1.54, 1.807) is 12.1 Å². The van der Waals surface area contributed by atoms with Gasteiger partial charge in [-0.3, -0.25) is 9.59 Å². The van der Waals surface area contributed by atoms with Crippen molar-refractivity contribution in [2.24, 2.45) is 0 Å². The minimum Gasteiger partial charge on any atom is -0.340 e. The fraction of sp³-hybridized carbons (Fsp3) is 0.111. The molecule has 0 aliphatic heterocycles. The van der Waals surface area contributed by atoms with Crippen LogP contribution in [0.1, 0.15) is 29.0 Å². The lowest BCUT2D eigenvalue weighted by molar-refractivity contribution is -0.116. The van der Waals surface area contributed by atoms with Crippen LogP contribution in [0, 0.1) is 6.92 Å². The Bertz CT molecular complexity index is 1260. The Hall–Kier alpha value is -4.32. The molecule has 0 saturated heterocycles. The normalized spacial score (nSPS) is 10.5. The number of ketones is 1. The largest absolute Gasteiger partial charge is 0.340 e. The molecule has 1 heterocycles. The molecule has 0 radical (unpaired) electrons. The van der Waals surface area contributed by atoms with Crippen molar-refractivity contribution >= 4 is 28.9 Å². The molecule has 0 bridgehead atoms. The van der Waals surface area contributed by atoms with Gasteiger partial charge in [0.25, 0.3) is 0 Å². The van der Waals surface area contributed by atoms with Crippen LogP contribution < -0.4 is 10.6 Å². The summed E-state index contributed by atoms with van der Waals surface area (Å²) in [5.41, 5.74) is 3.89. The van der Waals surface area contributed by atoms with Gasteiger partial charge in [0.1, 0.15) is 11.6 Å². The van der Waals surface area contributed by atoms with E-state index in [9.17, 15) is 9.59 Å². The van der Waals surface area contributed by atoms with Gasteiger partial charge < -0.3 is 10.6 Å². The zero-order valence-corrected chi connectivity index (χ0v) is 18.3. The fourth-order valence-corrected chi connectivity index (χ4v) is 3.43. The summed E-state index contributed by atoms with van der Waals surface area (Å²) in [5.74, 6) is 1.07. The molecule has 1 aromatic heterocycles. The minimum absolute atomic E-state index is 0.0467. The number of nitrogens with one attached hydrogen (secondary N) is 2. The molecule has 2 N–H and O–H groups in total. The van der Waals surface area contributed by atoms with Crippen molar-refractivity contribution in [1.29, 1.82) is 0 Å². The molecule has 0 aliphatic carbocycles. The smallest absolute Gasteiger partial charge is 0.224 e. The molecule has 0 aliphatic rings. The second-order valence-electron chi connectivity index (χ2n) is 7.59. The van der Waals surface area contributed by atoms with Crippen LogP contribution in [0.15, 0.2) is 91.0 Å². The monoisotopic (exact) mass is 436 g/mol. The zero-order chi connectivity index (χ0) is 23.0. The highest BCUT2D eigenvalue weighted by Gasteiger charge is 2.10. The molecule has 4 aromatic rings. The van der Waals surface area contributed by atoms with Crippen LogP contribution in [-0.2, 0) is 4.79 Å². The summed E-state index contributed by atoms with van der Waals surface area (Å²) < 4.78 is 0. The molecule has 1 amide bonds. The Balaban J connectivity index is 1.39. The van der Waals surface area contributed by atoms with E-state index in [-0.39, 0.29) is 24.5 Å². The van der Waals surface area contributed by atoms with E-state index in [1.165, 1.54) is 0 Å². The molecule has 0 spiro atoms. The van der Waals surface area contributed by atoms with Crippen LogP contribution in [-0.4, -0.2) is 21.7 Å². The molecular formula is C27H24N4O2. The highest BCUT2D eigenvalue weighted by Crippen LogP contribution is 2.23. The Labute approximate surface area is 192 Å². The van der Waals surface area contributed by atoms with Crippen molar-refractivity contribution < 1.29 is 9.59 Å². The van der Waals surface area contributed by atoms with Gasteiger partial charge in [-0.25, -0.2) is 9.97 Å². The van der Waals surface area contributed by atoms with Crippen molar-refractivity contribution in [3.05, 3.63) is 102 Å². The average molecular weight is 437 g/mol. The number of amides is 1. The summed E-state index contributed by atoms with van der Waals surface area (Å²) >= 11 is 0. The molecule has 0 saturated carbocycles. The predicted octanol–water partition coefficient (Wildman–Crippen LogP) is 5.80. The maximum Gasteiger partial charge on any atom is 0.224 e. The summed E-state index contributed by atoms with van der Waals surface area (Å²) in [6.45, 7) is 1.85. The lowest BCUT2D eigenvalue weighted by Gasteiger charge is -2.11. The standard InChI is InChI=1S/C27H24N4O2/c1-19-28-24(20-9-4-2-5-10-20)18-26(29-19)30-22-13-8-14-23(17-22)31-27(33)16-15-25(32)21-11-6-3-7-12-21/h2-14,17-18H,15-16H2,1H3,(H,31,33)(H,28,29,30). The van der Waals surface area contributed by atoms with Gasteiger partial charge >= 0.3 is 0 Å². The lowest BCUT2D eigenvalue weighted by atomic mass is 10.1. The van der Waals surface area contributed by atoms with Crippen LogP contribution in [0.5, 0.6) is 0 Å². The number of nitrogens with zero attached hydrogens (tertiary/aromatic N) is 2. The van der Waals surface area contributed by atoms with Gasteiger partial charge in [0.2, 0.25) is 5.91 Å². The number of benzene rings is 3. The molecule has 4 rings (SSSR count). The van der Waals surface area contributed by atoms with Crippen molar-refractivity contribution in [3.63, 3.8) is 0 Å². The summed E-state index contributed by atoms with van der Waals surface area (Å²) in [4.78, 5) is 33.6. The molecule has 0 atom stereocenters. The third-order valence-electron chi connectivity index (χ3n) is 5.00. The third kappa shape index (κ3) is 6.11. The lowest BCUT2D eigenvalue weighted by Crippen LogP contribution is -2.13. The van der Waals surface area contributed by atoms with Crippen LogP contribution in [0.4, 0.5) is 17.2 Å². The van der Waals surface area contributed by atoms with Gasteiger partial charge in [-0.15, -0.1) is 0 Å².